The Labute approximate surface area is 120 Å². The fraction of sp³-hybridized carbons (Fsp3) is 0.571. The highest BCUT2D eigenvalue weighted by Crippen LogP contribution is 2.33. The molecule has 1 heterocycles. The quantitative estimate of drug-likeness (QED) is 0.824. The number of benzene rings is 1. The molecule has 0 atom stereocenters. The standard InChI is InChI=1S/C14H22N2O3S/c1-4-5-14(17)8-16(9-14)20(18,19)13-7-11(3)10(2)6-12(13)15/h6-7,17H,4-5,8-9,15H2,1-3H3. The Bertz CT molecular complexity index is 620. The van der Waals surface area contributed by atoms with Crippen LogP contribution in [0.5, 0.6) is 0 Å². The Kier molecular flexibility index (Phi) is 3.83. The molecule has 1 aromatic rings. The van der Waals surface area contributed by atoms with Crippen LogP contribution in [0.15, 0.2) is 17.0 Å². The summed E-state index contributed by atoms with van der Waals surface area (Å²) in [6, 6.07) is 3.29. The molecule has 2 rings (SSSR count). The maximum absolute atomic E-state index is 12.5. The zero-order valence-electron chi connectivity index (χ0n) is 12.2. The van der Waals surface area contributed by atoms with Crippen LogP contribution in [-0.2, 0) is 10.0 Å². The van der Waals surface area contributed by atoms with Gasteiger partial charge in [-0.05, 0) is 43.5 Å². The molecular weight excluding hydrogens is 276 g/mol. The lowest BCUT2D eigenvalue weighted by molar-refractivity contribution is -0.0653. The predicted octanol–water partition coefficient (Wildman–Crippen LogP) is 1.42. The minimum atomic E-state index is -3.61. The van der Waals surface area contributed by atoms with Gasteiger partial charge < -0.3 is 10.8 Å². The van der Waals surface area contributed by atoms with E-state index in [0.717, 1.165) is 17.5 Å². The molecule has 0 bridgehead atoms. The molecule has 112 valence electrons. The normalized spacial score (nSPS) is 18.8. The number of aliphatic hydroxyl groups is 1. The number of nitrogen functional groups attached to an aromatic ring is 1. The summed E-state index contributed by atoms with van der Waals surface area (Å²) in [5, 5.41) is 10.1. The topological polar surface area (TPSA) is 83.6 Å². The number of anilines is 1. The molecule has 1 aliphatic heterocycles. The average Bonchev–Trinajstić information content (AvgIpc) is 2.30. The number of β-amino-alcohol motifs (C(OH)–C–C–N with tert-alkyl or cyclic N) is 1. The van der Waals surface area contributed by atoms with Gasteiger partial charge in [0.2, 0.25) is 10.0 Å². The molecule has 20 heavy (non-hydrogen) atoms. The number of nitrogens with two attached hydrogens (primary N) is 1. The van der Waals surface area contributed by atoms with Crippen molar-refractivity contribution in [2.75, 3.05) is 18.8 Å². The molecule has 5 nitrogen and oxygen atoms in total. The third-order valence-electron chi connectivity index (χ3n) is 3.90. The summed E-state index contributed by atoms with van der Waals surface area (Å²) in [7, 11) is -3.61. The largest absolute Gasteiger partial charge is 0.398 e. The fourth-order valence-electron chi connectivity index (χ4n) is 2.58. The van der Waals surface area contributed by atoms with Crippen molar-refractivity contribution in [1.82, 2.24) is 4.31 Å². The Morgan fingerprint density at radius 1 is 1.30 bits per heavy atom. The van der Waals surface area contributed by atoms with E-state index in [2.05, 4.69) is 0 Å². The second-order valence-electron chi connectivity index (χ2n) is 5.72. The molecule has 1 aliphatic rings. The van der Waals surface area contributed by atoms with Gasteiger partial charge in [-0.1, -0.05) is 13.3 Å². The van der Waals surface area contributed by atoms with Crippen molar-refractivity contribution in [3.63, 3.8) is 0 Å². The maximum Gasteiger partial charge on any atom is 0.245 e. The highest BCUT2D eigenvalue weighted by Gasteiger charge is 2.46. The number of aryl methyl sites for hydroxylation is 2. The third kappa shape index (κ3) is 2.55. The zero-order chi connectivity index (χ0) is 15.1. The molecular formula is C14H22N2O3S. The molecule has 0 radical (unpaired) electrons. The van der Waals surface area contributed by atoms with Crippen LogP contribution in [-0.4, -0.2) is 36.5 Å². The molecule has 1 aromatic carbocycles. The van der Waals surface area contributed by atoms with Crippen LogP contribution in [0.25, 0.3) is 0 Å². The number of hydrogen-bond donors (Lipinski definition) is 2. The molecule has 3 N–H and O–H groups in total. The van der Waals surface area contributed by atoms with Crippen molar-refractivity contribution in [3.8, 4) is 0 Å². The summed E-state index contributed by atoms with van der Waals surface area (Å²) in [6.45, 7) is 6.02. The Hall–Kier alpha value is -1.11. The molecule has 6 heteroatoms. The summed E-state index contributed by atoms with van der Waals surface area (Å²) >= 11 is 0. The Balaban J connectivity index is 2.28. The number of hydrogen-bond acceptors (Lipinski definition) is 4. The van der Waals surface area contributed by atoms with Gasteiger partial charge in [-0.15, -0.1) is 0 Å². The minimum absolute atomic E-state index is 0.138. The van der Waals surface area contributed by atoms with Gasteiger partial charge in [0, 0.05) is 13.1 Å². The number of nitrogens with zero attached hydrogens (tertiary/aromatic N) is 1. The van der Waals surface area contributed by atoms with Crippen LogP contribution in [0.3, 0.4) is 0 Å². The highest BCUT2D eigenvalue weighted by molar-refractivity contribution is 7.89. The predicted molar refractivity (Wildman–Crippen MR) is 78.9 cm³/mol. The molecule has 1 saturated heterocycles. The van der Waals surface area contributed by atoms with E-state index in [1.807, 2.05) is 20.8 Å². The van der Waals surface area contributed by atoms with Crippen molar-refractivity contribution in [2.24, 2.45) is 0 Å². The van der Waals surface area contributed by atoms with Crippen LogP contribution >= 0.6 is 0 Å². The van der Waals surface area contributed by atoms with Crippen molar-refractivity contribution in [1.29, 1.82) is 0 Å². The smallest absolute Gasteiger partial charge is 0.245 e. The van der Waals surface area contributed by atoms with Crippen LogP contribution in [0.1, 0.15) is 30.9 Å². The van der Waals surface area contributed by atoms with Gasteiger partial charge in [0.1, 0.15) is 4.90 Å². The lowest BCUT2D eigenvalue weighted by atomic mass is 9.92. The Morgan fingerprint density at radius 2 is 1.85 bits per heavy atom. The fourth-order valence-corrected chi connectivity index (χ4v) is 4.36. The lowest BCUT2D eigenvalue weighted by Crippen LogP contribution is -2.63. The minimum Gasteiger partial charge on any atom is -0.398 e. The van der Waals surface area contributed by atoms with Gasteiger partial charge in [0.05, 0.1) is 11.3 Å². The second-order valence-corrected chi connectivity index (χ2v) is 7.63. The van der Waals surface area contributed by atoms with Gasteiger partial charge in [-0.3, -0.25) is 0 Å². The van der Waals surface area contributed by atoms with Crippen molar-refractivity contribution in [2.45, 2.75) is 44.1 Å². The third-order valence-corrected chi connectivity index (χ3v) is 5.75. The van der Waals surface area contributed by atoms with E-state index in [0.29, 0.717) is 6.42 Å². The maximum atomic E-state index is 12.5. The van der Waals surface area contributed by atoms with E-state index < -0.39 is 15.6 Å². The first-order valence-corrected chi connectivity index (χ1v) is 8.23. The number of sulfonamides is 1. The van der Waals surface area contributed by atoms with Crippen molar-refractivity contribution < 1.29 is 13.5 Å². The summed E-state index contributed by atoms with van der Waals surface area (Å²) in [5.41, 5.74) is 7.09. The van der Waals surface area contributed by atoms with Gasteiger partial charge in [-0.25, -0.2) is 8.42 Å². The summed E-state index contributed by atoms with van der Waals surface area (Å²) in [4.78, 5) is 0.138. The van der Waals surface area contributed by atoms with Crippen molar-refractivity contribution in [3.05, 3.63) is 23.3 Å². The summed E-state index contributed by atoms with van der Waals surface area (Å²) in [5.74, 6) is 0. The molecule has 0 saturated carbocycles. The SMILES string of the molecule is CCCC1(O)CN(S(=O)(=O)c2cc(C)c(C)cc2N)C1. The molecule has 0 spiro atoms. The molecule has 0 aromatic heterocycles. The van der Waals surface area contributed by atoms with E-state index in [1.54, 1.807) is 12.1 Å². The van der Waals surface area contributed by atoms with E-state index in [4.69, 9.17) is 5.73 Å². The lowest BCUT2D eigenvalue weighted by Gasteiger charge is -2.45. The number of rotatable bonds is 4. The van der Waals surface area contributed by atoms with Gasteiger partial charge >= 0.3 is 0 Å². The first kappa shape index (κ1) is 15.3. The molecule has 1 fully saturated rings. The van der Waals surface area contributed by atoms with Crippen LogP contribution in [0.2, 0.25) is 0 Å². The Morgan fingerprint density at radius 3 is 2.40 bits per heavy atom. The van der Waals surface area contributed by atoms with Crippen LogP contribution in [0.4, 0.5) is 5.69 Å². The van der Waals surface area contributed by atoms with E-state index in [1.165, 1.54) is 4.31 Å². The van der Waals surface area contributed by atoms with E-state index in [9.17, 15) is 13.5 Å². The second kappa shape index (κ2) is 5.02. The summed E-state index contributed by atoms with van der Waals surface area (Å²) in [6.07, 6.45) is 1.44. The van der Waals surface area contributed by atoms with E-state index >= 15 is 0 Å². The first-order valence-electron chi connectivity index (χ1n) is 6.79. The molecule has 0 aliphatic carbocycles. The van der Waals surface area contributed by atoms with Crippen molar-refractivity contribution >= 4 is 15.7 Å². The van der Waals surface area contributed by atoms with Gasteiger partial charge in [0.15, 0.2) is 0 Å². The monoisotopic (exact) mass is 298 g/mol. The van der Waals surface area contributed by atoms with Gasteiger partial charge in [-0.2, -0.15) is 4.31 Å². The van der Waals surface area contributed by atoms with Crippen LogP contribution < -0.4 is 5.73 Å². The average molecular weight is 298 g/mol. The molecule has 0 amide bonds. The van der Waals surface area contributed by atoms with Crippen LogP contribution in [0, 0.1) is 13.8 Å². The zero-order valence-corrected chi connectivity index (χ0v) is 13.0. The van der Waals surface area contributed by atoms with E-state index in [-0.39, 0.29) is 23.7 Å². The van der Waals surface area contributed by atoms with Gasteiger partial charge in [0.25, 0.3) is 0 Å². The highest BCUT2D eigenvalue weighted by atomic mass is 32.2. The first-order chi connectivity index (χ1) is 9.19. The molecule has 0 unspecified atom stereocenters. The summed E-state index contributed by atoms with van der Waals surface area (Å²) < 4.78 is 26.3.